The fraction of sp³-hybridized carbons (Fsp3) is 0.490. The van der Waals surface area contributed by atoms with Gasteiger partial charge in [0.25, 0.3) is 0 Å². The molecule has 1 radical (unpaired) electrons. The maximum absolute atomic E-state index is 14.7. The second-order valence-corrected chi connectivity index (χ2v) is 40.9. The van der Waals surface area contributed by atoms with E-state index in [0.717, 1.165) is 81.4 Å². The minimum Gasteiger partial charge on any atom is -0.428 e. The number of ether oxygens (including phenoxy) is 6. The molecule has 0 atom stereocenters. The van der Waals surface area contributed by atoms with E-state index in [2.05, 4.69) is 83.1 Å². The van der Waals surface area contributed by atoms with E-state index in [9.17, 15) is 28.8 Å². The topological polar surface area (TPSA) is 158 Å². The normalized spacial score (nSPS) is 20.1. The third kappa shape index (κ3) is 11.2. The van der Waals surface area contributed by atoms with Crippen molar-refractivity contribution in [1.82, 2.24) is 0 Å². The van der Waals surface area contributed by atoms with Crippen molar-refractivity contribution in [2.75, 3.05) is 20.4 Å². The van der Waals surface area contributed by atoms with E-state index >= 15 is 0 Å². The van der Waals surface area contributed by atoms with Gasteiger partial charge in [-0.3, -0.25) is 14.4 Å². The lowest BCUT2D eigenvalue weighted by Crippen LogP contribution is -2.19. The molecule has 0 saturated carbocycles. The first-order valence-electron chi connectivity index (χ1n) is 22.6. The van der Waals surface area contributed by atoms with Gasteiger partial charge in [-0.15, -0.1) is 141 Å². The first-order valence-corrected chi connectivity index (χ1v) is 32.4. The Bertz CT molecular complexity index is 2530. The van der Waals surface area contributed by atoms with Gasteiger partial charge < -0.3 is 28.4 Å². The fourth-order valence-electron chi connectivity index (χ4n) is 8.55. The molecule has 12 nitrogen and oxygen atoms in total. The average Bonchev–Trinajstić information content (AvgIpc) is 4.05. The lowest BCUT2D eigenvalue weighted by Gasteiger charge is -2.31. The number of benzene rings is 3. The van der Waals surface area contributed by atoms with Crippen molar-refractivity contribution >= 4 is 177 Å². The van der Waals surface area contributed by atoms with Crippen LogP contribution in [0, 0.1) is 5.92 Å². The molecular weight excluding hydrogens is 1170 g/mol. The molecule has 0 unspecified atom stereocenters. The summed E-state index contributed by atoms with van der Waals surface area (Å²) in [5.41, 5.74) is 4.07. The van der Waals surface area contributed by atoms with Crippen molar-refractivity contribution in [3.8, 4) is 0 Å². The SMILES string of the molecule is CC(=O)OCOC(=O)c1c2c(c([C](c3c4c(c(C(=O)OCOC(C)=O)c5c3SC(C)(C)S5)SC(C)(C)S4)c3c4c(c(C(=O)OCOC(C)=O)c5c3SC(C)(C)S5)SC(C)(C)S4)c3c1SC(C)(C)S3)SC(C)(C)S2. The van der Waals surface area contributed by atoms with Gasteiger partial charge in [0.2, 0.25) is 20.4 Å². The highest BCUT2D eigenvalue weighted by Crippen LogP contribution is 2.74. The molecule has 73 heavy (non-hydrogen) atoms. The Balaban J connectivity index is 1.45. The number of thioether (sulfide) groups is 12. The number of fused-ring (bicyclic) bond motifs is 6. The molecule has 24 heteroatoms. The molecule has 0 amide bonds. The molecule has 6 aliphatic rings. The number of hydrogen-bond acceptors (Lipinski definition) is 24. The van der Waals surface area contributed by atoms with Gasteiger partial charge in [-0.05, 0) is 99.8 Å². The molecule has 0 spiro atoms. The number of carbonyl (C=O) groups excluding carboxylic acids is 6. The maximum Gasteiger partial charge on any atom is 0.343 e. The number of esters is 6. The van der Waals surface area contributed by atoms with Crippen molar-refractivity contribution < 1.29 is 57.2 Å². The van der Waals surface area contributed by atoms with E-state index in [1.165, 1.54) is 20.8 Å². The zero-order valence-corrected chi connectivity index (χ0v) is 52.2. The Morgan fingerprint density at radius 3 is 0.575 bits per heavy atom. The summed E-state index contributed by atoms with van der Waals surface area (Å²) in [7, 11) is 0. The van der Waals surface area contributed by atoms with Crippen LogP contribution in [0.4, 0.5) is 0 Å². The zero-order valence-electron chi connectivity index (χ0n) is 42.4. The second kappa shape index (κ2) is 20.1. The molecule has 0 aromatic heterocycles. The molecule has 0 bridgehead atoms. The summed E-state index contributed by atoms with van der Waals surface area (Å²) in [6.45, 7) is 27.9. The van der Waals surface area contributed by atoms with Gasteiger partial charge in [-0.1, -0.05) is 0 Å². The minimum atomic E-state index is -0.597. The first kappa shape index (κ1) is 56.4. The first-order chi connectivity index (χ1) is 33.8. The van der Waals surface area contributed by atoms with Crippen LogP contribution in [0.5, 0.6) is 0 Å². The zero-order chi connectivity index (χ0) is 53.3. The van der Waals surface area contributed by atoms with Crippen molar-refractivity contribution in [2.45, 2.75) is 187 Å². The summed E-state index contributed by atoms with van der Waals surface area (Å²) in [5.74, 6) is -2.59. The van der Waals surface area contributed by atoms with Crippen LogP contribution in [0.25, 0.3) is 0 Å². The van der Waals surface area contributed by atoms with Crippen molar-refractivity contribution in [2.24, 2.45) is 0 Å². The second-order valence-electron chi connectivity index (χ2n) is 19.8. The van der Waals surface area contributed by atoms with Crippen LogP contribution in [0.15, 0.2) is 58.7 Å². The van der Waals surface area contributed by atoms with Crippen LogP contribution in [0.1, 0.15) is 152 Å². The third-order valence-corrected chi connectivity index (χ3v) is 27.9. The Labute approximate surface area is 476 Å². The summed E-state index contributed by atoms with van der Waals surface area (Å²) in [6.07, 6.45) is 0. The Morgan fingerprint density at radius 1 is 0.274 bits per heavy atom. The van der Waals surface area contributed by atoms with E-state index in [1.54, 1.807) is 141 Å². The van der Waals surface area contributed by atoms with Gasteiger partial charge in [-0.2, -0.15) is 0 Å². The molecule has 0 saturated heterocycles. The lowest BCUT2D eigenvalue weighted by atomic mass is 9.83. The van der Waals surface area contributed by atoms with Crippen LogP contribution in [0.2, 0.25) is 0 Å². The number of carbonyl (C=O) groups is 6. The maximum atomic E-state index is 14.7. The molecule has 9 rings (SSSR count). The Hall–Kier alpha value is -1.32. The van der Waals surface area contributed by atoms with E-state index in [-0.39, 0.29) is 0 Å². The van der Waals surface area contributed by atoms with Crippen molar-refractivity contribution in [3.63, 3.8) is 0 Å². The number of rotatable bonds is 12. The van der Waals surface area contributed by atoms with Crippen LogP contribution in [-0.4, -0.2) is 80.7 Å². The summed E-state index contributed by atoms with van der Waals surface area (Å²) >= 11 is 19.7. The minimum absolute atomic E-state index is 0.420. The molecular formula is C49H51O12S12. The predicted octanol–water partition coefficient (Wildman–Crippen LogP) is 15.3. The van der Waals surface area contributed by atoms with Gasteiger partial charge >= 0.3 is 35.8 Å². The van der Waals surface area contributed by atoms with Gasteiger partial charge in [0.05, 0.1) is 47.1 Å². The summed E-state index contributed by atoms with van der Waals surface area (Å²) < 4.78 is 30.0. The highest BCUT2D eigenvalue weighted by molar-refractivity contribution is 8.23. The van der Waals surface area contributed by atoms with E-state index in [0.29, 0.717) is 16.7 Å². The Kier molecular flexibility index (Phi) is 15.5. The largest absolute Gasteiger partial charge is 0.428 e. The fourth-order valence-corrected chi connectivity index (χ4v) is 26.2. The molecule has 6 aliphatic heterocycles. The lowest BCUT2D eigenvalue weighted by molar-refractivity contribution is -0.150. The third-order valence-electron chi connectivity index (χ3n) is 10.9. The van der Waals surface area contributed by atoms with Crippen molar-refractivity contribution in [1.29, 1.82) is 0 Å². The quantitative estimate of drug-likeness (QED) is 0.0729. The van der Waals surface area contributed by atoms with Gasteiger partial charge in [-0.25, -0.2) is 14.4 Å². The highest BCUT2D eigenvalue weighted by Gasteiger charge is 2.54. The smallest absolute Gasteiger partial charge is 0.343 e. The Morgan fingerprint density at radius 2 is 0.425 bits per heavy atom. The average molecular weight is 1220 g/mol. The molecule has 6 heterocycles. The number of hydrogen-bond donors (Lipinski definition) is 0. The molecule has 0 fully saturated rings. The molecule has 0 N–H and O–H groups in total. The summed E-state index contributed by atoms with van der Waals surface area (Å²) in [5, 5.41) is 0. The summed E-state index contributed by atoms with van der Waals surface area (Å²) in [4.78, 5) is 89.7. The molecule has 3 aromatic rings. The monoisotopic (exact) mass is 1220 g/mol. The van der Waals surface area contributed by atoms with Gasteiger partial charge in [0.15, 0.2) is 0 Å². The van der Waals surface area contributed by atoms with E-state index < -0.39 is 80.7 Å². The summed E-state index contributed by atoms with van der Waals surface area (Å²) in [6, 6.07) is 0. The van der Waals surface area contributed by atoms with Crippen LogP contribution in [-0.2, 0) is 42.8 Å². The van der Waals surface area contributed by atoms with E-state index in [1.807, 2.05) is 0 Å². The van der Waals surface area contributed by atoms with Crippen LogP contribution < -0.4 is 0 Å². The molecule has 0 aliphatic carbocycles. The molecule has 391 valence electrons. The van der Waals surface area contributed by atoms with Gasteiger partial charge in [0, 0.05) is 79.5 Å². The highest BCUT2D eigenvalue weighted by atomic mass is 32.2. The molecule has 3 aromatic carbocycles. The van der Waals surface area contributed by atoms with Crippen LogP contribution in [0.3, 0.4) is 0 Å². The van der Waals surface area contributed by atoms with Gasteiger partial charge in [0.1, 0.15) is 0 Å². The van der Waals surface area contributed by atoms with Crippen molar-refractivity contribution in [3.05, 3.63) is 39.3 Å². The standard InChI is InChI=1S/C49H51O12S12/c1-19(50)56-16-59-41(53)26-35-29(62-44(4,5)68-35)23(30-36(26)69-45(6,7)63-30)22(24-31-37(70-46(8,9)64-31)27(42(54)60-17-57-20(2)51)38-32(24)65-47(10,11)71-38)25-33-39(72-48(12,13)66-33)28(43(55)61-18-58-21(3)52)40-34(25)67-49(14,15)73-40/h16-18H2,1-15H3. The van der Waals surface area contributed by atoms with Crippen LogP contribution >= 0.6 is 141 Å². The predicted molar refractivity (Wildman–Crippen MR) is 301 cm³/mol. The van der Waals surface area contributed by atoms with E-state index in [4.69, 9.17) is 28.4 Å².